The van der Waals surface area contributed by atoms with Crippen LogP contribution in [-0.4, -0.2) is 35.2 Å². The van der Waals surface area contributed by atoms with Gasteiger partial charge in [-0.2, -0.15) is 0 Å². The molecule has 0 bridgehead atoms. The van der Waals surface area contributed by atoms with Gasteiger partial charge in [0.05, 0.1) is 16.7 Å². The van der Waals surface area contributed by atoms with Crippen molar-refractivity contribution in [1.82, 2.24) is 0 Å². The molecule has 1 saturated heterocycles. The van der Waals surface area contributed by atoms with Crippen LogP contribution in [0.4, 0.5) is 4.39 Å². The molecule has 0 spiro atoms. The zero-order valence-electron chi connectivity index (χ0n) is 16.0. The van der Waals surface area contributed by atoms with E-state index in [1.165, 1.54) is 30.3 Å². The zero-order valence-corrected chi connectivity index (χ0v) is 16.7. The molecule has 0 radical (unpaired) electrons. The van der Waals surface area contributed by atoms with Gasteiger partial charge in [-0.25, -0.2) is 9.18 Å². The summed E-state index contributed by atoms with van der Waals surface area (Å²) in [4.78, 5) is 24.7. The average Bonchev–Trinajstić information content (AvgIpc) is 2.73. The molecule has 29 heavy (non-hydrogen) atoms. The second kappa shape index (κ2) is 8.61. The maximum Gasteiger partial charge on any atom is 0.336 e. The number of hydrogen-bond donors (Lipinski definition) is 2. The lowest BCUT2D eigenvalue weighted by Crippen LogP contribution is -2.38. The first-order valence-corrected chi connectivity index (χ1v) is 9.83. The van der Waals surface area contributed by atoms with Crippen LogP contribution in [0.3, 0.4) is 0 Å². The molecule has 0 aromatic heterocycles. The van der Waals surface area contributed by atoms with Crippen LogP contribution >= 0.6 is 11.6 Å². The Balaban J connectivity index is 2.10. The summed E-state index contributed by atoms with van der Waals surface area (Å²) >= 11 is 5.82. The highest BCUT2D eigenvalue weighted by Crippen LogP contribution is 2.40. The topological polar surface area (TPSA) is 83.8 Å². The third-order valence-corrected chi connectivity index (χ3v) is 5.84. The minimum atomic E-state index is -1.44. The Kier molecular flexibility index (Phi) is 6.36. The number of carboxylic acid groups (broad SMARTS) is 1. The number of aliphatic hydroxyl groups is 1. The predicted molar refractivity (Wildman–Crippen MR) is 106 cm³/mol. The summed E-state index contributed by atoms with van der Waals surface area (Å²) in [6.45, 7) is 2.73. The first kappa shape index (κ1) is 21.4. The van der Waals surface area contributed by atoms with Gasteiger partial charge in [-0.1, -0.05) is 18.5 Å². The van der Waals surface area contributed by atoms with Crippen LogP contribution in [0, 0.1) is 11.7 Å². The molecule has 1 atom stereocenters. The normalized spacial score (nSPS) is 17.0. The number of carboxylic acids is 1. The molecule has 7 heteroatoms. The first-order valence-electron chi connectivity index (χ1n) is 9.45. The number of rotatable bonds is 6. The van der Waals surface area contributed by atoms with Crippen LogP contribution in [0.1, 0.15) is 58.0 Å². The Labute approximate surface area is 173 Å². The molecule has 1 aliphatic heterocycles. The van der Waals surface area contributed by atoms with Gasteiger partial charge in [0.25, 0.3) is 0 Å². The Bertz CT molecular complexity index is 922. The molecule has 2 aromatic rings. The number of carbonyl (C=O) groups excluding carboxylic acids is 1. The summed E-state index contributed by atoms with van der Waals surface area (Å²) in [7, 11) is 0. The predicted octanol–water partition coefficient (Wildman–Crippen LogP) is 4.43. The van der Waals surface area contributed by atoms with Gasteiger partial charge in [0.2, 0.25) is 0 Å². The van der Waals surface area contributed by atoms with Crippen LogP contribution in [-0.2, 0) is 10.3 Å². The maximum atomic E-state index is 15.1. The summed E-state index contributed by atoms with van der Waals surface area (Å²) in [5.41, 5.74) is -2.13. The van der Waals surface area contributed by atoms with E-state index < -0.39 is 34.3 Å². The van der Waals surface area contributed by atoms with Crippen molar-refractivity contribution < 1.29 is 28.9 Å². The van der Waals surface area contributed by atoms with Gasteiger partial charge >= 0.3 is 5.97 Å². The highest BCUT2D eigenvalue weighted by atomic mass is 35.5. The quantitative estimate of drug-likeness (QED) is 0.675. The van der Waals surface area contributed by atoms with E-state index in [1.54, 1.807) is 6.92 Å². The van der Waals surface area contributed by atoms with Gasteiger partial charge in [-0.05, 0) is 67.1 Å². The fourth-order valence-corrected chi connectivity index (χ4v) is 4.03. The van der Waals surface area contributed by atoms with Gasteiger partial charge in [0, 0.05) is 23.8 Å². The summed E-state index contributed by atoms with van der Waals surface area (Å²) < 4.78 is 20.4. The largest absolute Gasteiger partial charge is 0.478 e. The summed E-state index contributed by atoms with van der Waals surface area (Å²) in [6, 6.07) is 8.06. The summed E-state index contributed by atoms with van der Waals surface area (Å²) in [5, 5.41) is 21.4. The zero-order chi connectivity index (χ0) is 21.2. The number of ether oxygens (including phenoxy) is 1. The minimum absolute atomic E-state index is 0.124. The fraction of sp³-hybridized carbons (Fsp3) is 0.364. The van der Waals surface area contributed by atoms with Gasteiger partial charge in [0.1, 0.15) is 5.82 Å². The summed E-state index contributed by atoms with van der Waals surface area (Å²) in [6.07, 6.45) is 1.44. The van der Waals surface area contributed by atoms with Crippen molar-refractivity contribution in [1.29, 1.82) is 0 Å². The third-order valence-electron chi connectivity index (χ3n) is 5.59. The molecule has 1 fully saturated rings. The highest BCUT2D eigenvalue weighted by molar-refractivity contribution is 6.30. The van der Waals surface area contributed by atoms with E-state index in [2.05, 4.69) is 0 Å². The SMILES string of the molecule is CC[C@](O)(c1cc(F)c(C(=O)c2ccc(Cl)cc2)c(C(=O)O)c1)C1CCOCC1. The molecule has 0 saturated carbocycles. The van der Waals surface area contributed by atoms with E-state index >= 15 is 4.39 Å². The molecule has 0 aliphatic carbocycles. The van der Waals surface area contributed by atoms with Crippen LogP contribution in [0.15, 0.2) is 36.4 Å². The minimum Gasteiger partial charge on any atom is -0.478 e. The lowest BCUT2D eigenvalue weighted by molar-refractivity contribution is -0.0732. The monoisotopic (exact) mass is 420 g/mol. The third kappa shape index (κ3) is 4.20. The molecule has 3 rings (SSSR count). The molecule has 1 aliphatic rings. The molecular formula is C22H22ClFO5. The maximum absolute atomic E-state index is 15.1. The molecule has 0 amide bonds. The molecular weight excluding hydrogens is 399 g/mol. The number of halogens is 2. The molecule has 2 aromatic carbocycles. The van der Waals surface area contributed by atoms with E-state index in [0.717, 1.165) is 6.07 Å². The van der Waals surface area contributed by atoms with E-state index in [4.69, 9.17) is 16.3 Å². The van der Waals surface area contributed by atoms with Crippen molar-refractivity contribution in [3.05, 3.63) is 69.5 Å². The lowest BCUT2D eigenvalue weighted by atomic mass is 9.74. The van der Waals surface area contributed by atoms with Crippen LogP contribution in [0.5, 0.6) is 0 Å². The van der Waals surface area contributed by atoms with E-state index in [-0.39, 0.29) is 23.5 Å². The van der Waals surface area contributed by atoms with Crippen LogP contribution in [0.2, 0.25) is 5.02 Å². The summed E-state index contributed by atoms with van der Waals surface area (Å²) in [5.74, 6) is -3.36. The van der Waals surface area contributed by atoms with E-state index in [0.29, 0.717) is 31.1 Å². The van der Waals surface area contributed by atoms with Crippen molar-refractivity contribution in [3.63, 3.8) is 0 Å². The Hall–Kier alpha value is -2.28. The number of aromatic carboxylic acids is 1. The average molecular weight is 421 g/mol. The number of ketones is 1. The van der Waals surface area contributed by atoms with Gasteiger partial charge < -0.3 is 14.9 Å². The Morgan fingerprint density at radius 2 is 1.83 bits per heavy atom. The number of benzene rings is 2. The Morgan fingerprint density at radius 1 is 1.21 bits per heavy atom. The van der Waals surface area contributed by atoms with Gasteiger partial charge in [-0.3, -0.25) is 4.79 Å². The second-order valence-electron chi connectivity index (χ2n) is 7.19. The molecule has 0 unspecified atom stereocenters. The van der Waals surface area contributed by atoms with Crippen molar-refractivity contribution in [2.45, 2.75) is 31.8 Å². The number of hydrogen-bond acceptors (Lipinski definition) is 4. The van der Waals surface area contributed by atoms with Crippen molar-refractivity contribution >= 4 is 23.4 Å². The molecule has 154 valence electrons. The van der Waals surface area contributed by atoms with Gasteiger partial charge in [0.15, 0.2) is 5.78 Å². The lowest BCUT2D eigenvalue weighted by Gasteiger charge is -2.38. The van der Waals surface area contributed by atoms with Crippen molar-refractivity contribution in [3.8, 4) is 0 Å². The fourth-order valence-electron chi connectivity index (χ4n) is 3.91. The smallest absolute Gasteiger partial charge is 0.336 e. The van der Waals surface area contributed by atoms with Gasteiger partial charge in [-0.15, -0.1) is 0 Å². The van der Waals surface area contributed by atoms with Crippen molar-refractivity contribution in [2.75, 3.05) is 13.2 Å². The highest BCUT2D eigenvalue weighted by Gasteiger charge is 2.39. The van der Waals surface area contributed by atoms with E-state index in [1.807, 2.05) is 0 Å². The molecule has 1 heterocycles. The van der Waals surface area contributed by atoms with Crippen LogP contribution < -0.4 is 0 Å². The molecule has 2 N–H and O–H groups in total. The van der Waals surface area contributed by atoms with Crippen molar-refractivity contribution in [2.24, 2.45) is 5.92 Å². The Morgan fingerprint density at radius 3 is 2.38 bits per heavy atom. The van der Waals surface area contributed by atoms with Crippen LogP contribution in [0.25, 0.3) is 0 Å². The molecule has 5 nitrogen and oxygen atoms in total. The standard InChI is InChI=1S/C22H22ClFO5/c1-2-22(28,14-7-9-29-10-8-14)15-11-17(21(26)27)19(18(24)12-15)20(25)13-3-5-16(23)6-4-13/h3-6,11-12,14,28H,2,7-10H2,1H3,(H,26,27)/t22-/m1/s1. The second-order valence-corrected chi connectivity index (χ2v) is 7.62. The number of carbonyl (C=O) groups is 2. The first-order chi connectivity index (χ1) is 13.8. The van der Waals surface area contributed by atoms with E-state index in [9.17, 15) is 19.8 Å².